The first-order chi connectivity index (χ1) is 23.1. The summed E-state index contributed by atoms with van der Waals surface area (Å²) in [5.41, 5.74) is 2.65. The van der Waals surface area contributed by atoms with Crippen molar-refractivity contribution >= 4 is 5.97 Å². The smallest absolute Gasteiger partial charge is 0.335 e. The third-order valence-corrected chi connectivity index (χ3v) is 12.4. The quantitative estimate of drug-likeness (QED) is 0.0702. The van der Waals surface area contributed by atoms with Gasteiger partial charge in [0.15, 0.2) is 6.29 Å². The van der Waals surface area contributed by atoms with Gasteiger partial charge in [0.05, 0.1) is 32.0 Å². The number of unbranched alkanes of at least 4 members (excludes halogenated alkanes) is 2. The van der Waals surface area contributed by atoms with Crippen LogP contribution in [-0.4, -0.2) is 56.0 Å². The average Bonchev–Trinajstić information content (AvgIpc) is 3.12. The van der Waals surface area contributed by atoms with Crippen LogP contribution in [0.1, 0.15) is 146 Å². The lowest BCUT2D eigenvalue weighted by Gasteiger charge is -2.40. The zero-order chi connectivity index (χ0) is 34.5. The fourth-order valence-corrected chi connectivity index (χ4v) is 8.88. The molecule has 1 aromatic rings. The summed E-state index contributed by atoms with van der Waals surface area (Å²) in [4.78, 5) is 12.5. The number of hydrogen-bond acceptors (Lipinski definition) is 6. The Hall–Kier alpha value is -1.73. The van der Waals surface area contributed by atoms with Crippen LogP contribution in [-0.2, 0) is 19.0 Å². The second-order valence-corrected chi connectivity index (χ2v) is 16.4. The minimum Gasteiger partial charge on any atom is -0.462 e. The number of methoxy groups -OCH3 is 1. The molecule has 272 valence electrons. The highest BCUT2D eigenvalue weighted by atomic mass is 16.6. The van der Waals surface area contributed by atoms with Gasteiger partial charge in [0.25, 0.3) is 0 Å². The van der Waals surface area contributed by atoms with Gasteiger partial charge in [-0.3, -0.25) is 0 Å². The zero-order valence-corrected chi connectivity index (χ0v) is 30.8. The third kappa shape index (κ3) is 11.4. The molecule has 0 saturated heterocycles. The SMILES string of the molecule is C=C(COC)C(=O)OCC(COC(O)C(C)(C)CO)C1CCC(C2CCC(c3ccc(C4CCC(CCCCC)CC4)cc3)CC2)CC1. The Labute approximate surface area is 292 Å². The van der Waals surface area contributed by atoms with Crippen LogP contribution >= 0.6 is 0 Å². The van der Waals surface area contributed by atoms with Crippen LogP contribution in [0.3, 0.4) is 0 Å². The van der Waals surface area contributed by atoms with Crippen molar-refractivity contribution in [3.05, 3.63) is 47.5 Å². The summed E-state index contributed by atoms with van der Waals surface area (Å²) in [5.74, 6) is 3.87. The first kappa shape index (κ1) is 39.1. The van der Waals surface area contributed by atoms with Gasteiger partial charge >= 0.3 is 5.97 Å². The summed E-state index contributed by atoms with van der Waals surface area (Å²) >= 11 is 0. The van der Waals surface area contributed by atoms with Gasteiger partial charge in [0.1, 0.15) is 0 Å². The highest BCUT2D eigenvalue weighted by molar-refractivity contribution is 5.87. The first-order valence-electron chi connectivity index (χ1n) is 19.5. The lowest BCUT2D eigenvalue weighted by Crippen LogP contribution is -2.38. The van der Waals surface area contributed by atoms with E-state index in [0.29, 0.717) is 17.4 Å². The van der Waals surface area contributed by atoms with Gasteiger partial charge in [0, 0.05) is 18.4 Å². The summed E-state index contributed by atoms with van der Waals surface area (Å²) in [7, 11) is 1.53. The fraction of sp³-hybridized carbons (Fsp3) is 0.786. The van der Waals surface area contributed by atoms with Gasteiger partial charge in [-0.25, -0.2) is 4.79 Å². The van der Waals surface area contributed by atoms with Crippen LogP contribution in [0.15, 0.2) is 36.4 Å². The number of rotatable bonds is 18. The van der Waals surface area contributed by atoms with Crippen molar-refractivity contribution < 1.29 is 29.2 Å². The van der Waals surface area contributed by atoms with Crippen molar-refractivity contribution in [2.45, 2.75) is 142 Å². The molecule has 0 heterocycles. The predicted molar refractivity (Wildman–Crippen MR) is 194 cm³/mol. The predicted octanol–water partition coefficient (Wildman–Crippen LogP) is 9.34. The number of benzene rings is 1. The largest absolute Gasteiger partial charge is 0.462 e. The van der Waals surface area contributed by atoms with E-state index in [0.717, 1.165) is 36.5 Å². The van der Waals surface area contributed by atoms with Crippen molar-refractivity contribution in [1.29, 1.82) is 0 Å². The maximum Gasteiger partial charge on any atom is 0.335 e. The molecule has 1 aromatic carbocycles. The first-order valence-corrected chi connectivity index (χ1v) is 19.5. The number of aliphatic hydroxyl groups excluding tert-OH is 2. The van der Waals surface area contributed by atoms with Crippen LogP contribution in [0.25, 0.3) is 0 Å². The zero-order valence-electron chi connectivity index (χ0n) is 30.8. The Morgan fingerprint density at radius 2 is 1.40 bits per heavy atom. The molecule has 3 aliphatic carbocycles. The van der Waals surface area contributed by atoms with Gasteiger partial charge in [-0.1, -0.05) is 77.3 Å². The summed E-state index contributed by atoms with van der Waals surface area (Å²) in [6.07, 6.45) is 19.9. The van der Waals surface area contributed by atoms with E-state index in [1.807, 2.05) is 0 Å². The molecule has 48 heavy (non-hydrogen) atoms. The van der Waals surface area contributed by atoms with E-state index >= 15 is 0 Å². The molecule has 0 aliphatic heterocycles. The minimum absolute atomic E-state index is 0.0195. The van der Waals surface area contributed by atoms with Crippen molar-refractivity contribution in [3.63, 3.8) is 0 Å². The van der Waals surface area contributed by atoms with Gasteiger partial charge in [-0.05, 0) is 124 Å². The molecule has 0 spiro atoms. The maximum absolute atomic E-state index is 12.5. The summed E-state index contributed by atoms with van der Waals surface area (Å²) in [6, 6.07) is 9.83. The maximum atomic E-state index is 12.5. The molecule has 2 N–H and O–H groups in total. The number of esters is 1. The van der Waals surface area contributed by atoms with E-state index in [9.17, 15) is 15.0 Å². The molecule has 3 fully saturated rings. The lowest BCUT2D eigenvalue weighted by molar-refractivity contribution is -0.188. The highest BCUT2D eigenvalue weighted by Gasteiger charge is 2.36. The number of aliphatic hydroxyl groups is 2. The standard InChI is InChI=1S/C42H68O6/c1-6-7-8-9-31-10-12-32(13-11-31)33-14-16-34(17-15-33)35-18-20-36(21-19-35)37-22-24-38(25-23-37)39(27-47-40(44)30(2)26-46-5)28-48-41(45)42(3,4)29-43/h14-17,31-32,35-39,41,43,45H,2,6-13,18-29H2,1,3-5H3. The van der Waals surface area contributed by atoms with Gasteiger partial charge in [-0.2, -0.15) is 0 Å². The van der Waals surface area contributed by atoms with Gasteiger partial charge < -0.3 is 24.4 Å². The Kier molecular flexibility index (Phi) is 16.0. The molecule has 0 aromatic heterocycles. The average molecular weight is 669 g/mol. The molecule has 2 atom stereocenters. The normalized spacial score (nSPS) is 28.0. The Bertz CT molecular complexity index is 1070. The molecular formula is C42H68O6. The second-order valence-electron chi connectivity index (χ2n) is 16.4. The van der Waals surface area contributed by atoms with Gasteiger partial charge in [-0.15, -0.1) is 0 Å². The number of carbonyl (C=O) groups excluding carboxylic acids is 1. The van der Waals surface area contributed by atoms with E-state index in [4.69, 9.17) is 14.2 Å². The Morgan fingerprint density at radius 3 is 1.92 bits per heavy atom. The van der Waals surface area contributed by atoms with Gasteiger partial charge in [0.2, 0.25) is 0 Å². The van der Waals surface area contributed by atoms with Crippen LogP contribution in [0, 0.1) is 35.0 Å². The molecule has 0 amide bonds. The van der Waals surface area contributed by atoms with Crippen molar-refractivity contribution in [3.8, 4) is 0 Å². The molecular weight excluding hydrogens is 600 g/mol. The summed E-state index contributed by atoms with van der Waals surface area (Å²) < 4.78 is 16.6. The molecule has 0 radical (unpaired) electrons. The molecule has 4 rings (SSSR count). The van der Waals surface area contributed by atoms with E-state index in [1.54, 1.807) is 25.0 Å². The molecule has 6 nitrogen and oxygen atoms in total. The molecule has 0 bridgehead atoms. The topological polar surface area (TPSA) is 85.2 Å². The number of ether oxygens (including phenoxy) is 3. The van der Waals surface area contributed by atoms with Crippen LogP contribution < -0.4 is 0 Å². The van der Waals surface area contributed by atoms with Crippen molar-refractivity contribution in [2.75, 3.05) is 33.5 Å². The van der Waals surface area contributed by atoms with E-state index < -0.39 is 17.7 Å². The summed E-state index contributed by atoms with van der Waals surface area (Å²) in [5, 5.41) is 20.2. The van der Waals surface area contributed by atoms with E-state index in [-0.39, 0.29) is 32.3 Å². The monoisotopic (exact) mass is 669 g/mol. The lowest BCUT2D eigenvalue weighted by atomic mass is 9.67. The fourth-order valence-electron chi connectivity index (χ4n) is 8.88. The van der Waals surface area contributed by atoms with Crippen molar-refractivity contribution in [1.82, 2.24) is 0 Å². The van der Waals surface area contributed by atoms with E-state index in [2.05, 4.69) is 37.8 Å². The van der Waals surface area contributed by atoms with E-state index in [1.165, 1.54) is 97.0 Å². The number of hydrogen-bond donors (Lipinski definition) is 2. The second kappa shape index (κ2) is 19.6. The third-order valence-electron chi connectivity index (χ3n) is 12.4. The van der Waals surface area contributed by atoms with Crippen LogP contribution in [0.4, 0.5) is 0 Å². The minimum atomic E-state index is -1.09. The van der Waals surface area contributed by atoms with Crippen LogP contribution in [0.2, 0.25) is 0 Å². The number of carbonyl (C=O) groups is 1. The highest BCUT2D eigenvalue weighted by Crippen LogP contribution is 2.46. The Balaban J connectivity index is 1.22. The summed E-state index contributed by atoms with van der Waals surface area (Å²) in [6.45, 7) is 10.1. The molecule has 3 saturated carbocycles. The Morgan fingerprint density at radius 1 is 0.854 bits per heavy atom. The molecule has 6 heteroatoms. The molecule has 2 unspecified atom stereocenters. The van der Waals surface area contributed by atoms with Crippen LogP contribution in [0.5, 0.6) is 0 Å². The molecule has 3 aliphatic rings. The van der Waals surface area contributed by atoms with Crippen molar-refractivity contribution in [2.24, 2.45) is 35.0 Å².